The highest BCUT2D eigenvalue weighted by Crippen LogP contribution is 2.44. The van der Waals surface area contributed by atoms with E-state index in [1.807, 2.05) is 0 Å². The van der Waals surface area contributed by atoms with Crippen LogP contribution < -0.4 is 0 Å². The zero-order valence-corrected chi connectivity index (χ0v) is 20.5. The fourth-order valence-corrected chi connectivity index (χ4v) is 8.04. The van der Waals surface area contributed by atoms with Crippen molar-refractivity contribution in [3.05, 3.63) is 132 Å². The lowest BCUT2D eigenvalue weighted by Crippen LogP contribution is -2.47. The molecule has 0 fully saturated rings. The van der Waals surface area contributed by atoms with Crippen LogP contribution in [0.1, 0.15) is 21.5 Å². The van der Waals surface area contributed by atoms with Crippen LogP contribution in [0.3, 0.4) is 0 Å². The molecule has 0 unspecified atom stereocenters. The summed E-state index contributed by atoms with van der Waals surface area (Å²) in [5, 5.41) is 0. The van der Waals surface area contributed by atoms with Crippen molar-refractivity contribution in [2.45, 2.75) is 15.4 Å². The van der Waals surface area contributed by atoms with Gasteiger partial charge in [-0.1, -0.05) is 88.6 Å². The van der Waals surface area contributed by atoms with Gasteiger partial charge in [0.1, 0.15) is 0 Å². The summed E-state index contributed by atoms with van der Waals surface area (Å²) in [4.78, 5) is 12.5. The Labute approximate surface area is 209 Å². The van der Waals surface area contributed by atoms with Crippen LogP contribution in [0.5, 0.6) is 0 Å². The van der Waals surface area contributed by atoms with Crippen LogP contribution in [0.2, 0.25) is 0 Å². The third kappa shape index (κ3) is 3.91. The van der Waals surface area contributed by atoms with Crippen molar-refractivity contribution < 1.29 is 26.4 Å². The number of ether oxygens (including phenoxy) is 1. The molecule has 7 nitrogen and oxygen atoms in total. The number of hydrogen-bond donors (Lipinski definition) is 0. The molecule has 0 aliphatic carbocycles. The number of rotatable bonds is 7. The first-order valence-corrected chi connectivity index (χ1v) is 13.9. The maximum absolute atomic E-state index is 13.9. The van der Waals surface area contributed by atoms with Crippen molar-refractivity contribution in [3.8, 4) is 0 Å². The largest absolute Gasteiger partial charge is 0.444 e. The minimum absolute atomic E-state index is 0.203. The topological polar surface area (TPSA) is 97.8 Å². The van der Waals surface area contributed by atoms with E-state index in [2.05, 4.69) is 0 Å². The Kier molecular flexibility index (Phi) is 5.99. The lowest BCUT2D eigenvalue weighted by molar-refractivity contribution is 0.00823. The van der Waals surface area contributed by atoms with Crippen LogP contribution in [0.15, 0.2) is 125 Å². The molecular weight excluding hydrogens is 498 g/mol. The van der Waals surface area contributed by atoms with Crippen molar-refractivity contribution in [3.63, 3.8) is 0 Å². The molecule has 182 valence electrons. The summed E-state index contributed by atoms with van der Waals surface area (Å²) in [6, 6.07) is 29.8. The van der Waals surface area contributed by atoms with Gasteiger partial charge in [0.25, 0.3) is 20.0 Å². The van der Waals surface area contributed by atoms with Gasteiger partial charge in [0.15, 0.2) is 5.60 Å². The van der Waals surface area contributed by atoms with Crippen molar-refractivity contribution in [2.75, 3.05) is 6.54 Å². The molecule has 9 heteroatoms. The Balaban J connectivity index is 1.77. The number of esters is 1. The standard InChI is InChI=1S/C27H21NO6S2/c29-26-24-18-10-11-19-25(24)27(34-26,21-12-4-1-5-13-21)20-28(35(30,31)22-14-6-2-7-15-22)36(32,33)23-16-8-3-9-17-23/h1-19H,20H2/t27-/m0/s1. The number of sulfonamides is 2. The second-order valence-electron chi connectivity index (χ2n) is 8.20. The molecule has 0 aromatic heterocycles. The monoisotopic (exact) mass is 519 g/mol. The number of cyclic esters (lactones) is 1. The number of carbonyl (C=O) groups excluding carboxylic acids is 1. The molecule has 36 heavy (non-hydrogen) atoms. The van der Waals surface area contributed by atoms with Crippen LogP contribution in [0.25, 0.3) is 0 Å². The Morgan fingerprint density at radius 3 is 1.58 bits per heavy atom. The van der Waals surface area contributed by atoms with E-state index in [4.69, 9.17) is 4.74 Å². The van der Waals surface area contributed by atoms with Gasteiger partial charge in [-0.25, -0.2) is 21.6 Å². The molecule has 1 aliphatic heterocycles. The van der Waals surface area contributed by atoms with Crippen molar-refractivity contribution in [2.24, 2.45) is 0 Å². The Morgan fingerprint density at radius 1 is 0.611 bits per heavy atom. The molecule has 0 bridgehead atoms. The zero-order chi connectivity index (χ0) is 25.4. The number of hydrogen-bond acceptors (Lipinski definition) is 6. The van der Waals surface area contributed by atoms with Crippen LogP contribution in [0.4, 0.5) is 0 Å². The molecule has 0 spiro atoms. The van der Waals surface area contributed by atoms with Crippen molar-refractivity contribution in [1.82, 2.24) is 3.71 Å². The first-order chi connectivity index (χ1) is 17.3. The van der Waals surface area contributed by atoms with Gasteiger partial charge in [-0.15, -0.1) is 0 Å². The second kappa shape index (κ2) is 9.02. The van der Waals surface area contributed by atoms with Gasteiger partial charge in [-0.3, -0.25) is 0 Å². The van der Waals surface area contributed by atoms with Gasteiger partial charge in [-0.05, 0) is 30.3 Å². The minimum atomic E-state index is -4.61. The summed E-state index contributed by atoms with van der Waals surface area (Å²) in [5.41, 5.74) is -0.619. The molecule has 1 atom stereocenters. The number of benzene rings is 4. The predicted molar refractivity (Wildman–Crippen MR) is 133 cm³/mol. The smallest absolute Gasteiger partial charge is 0.339 e. The predicted octanol–water partition coefficient (Wildman–Crippen LogP) is 4.18. The van der Waals surface area contributed by atoms with Gasteiger partial charge >= 0.3 is 5.97 Å². The van der Waals surface area contributed by atoms with Gasteiger partial charge in [0, 0.05) is 11.1 Å². The van der Waals surface area contributed by atoms with E-state index < -0.39 is 38.2 Å². The second-order valence-corrected chi connectivity index (χ2v) is 12.2. The fraction of sp³-hybridized carbons (Fsp3) is 0.0741. The highest BCUT2D eigenvalue weighted by Gasteiger charge is 2.52. The summed E-state index contributed by atoms with van der Waals surface area (Å²) in [6.45, 7) is -0.686. The first-order valence-electron chi connectivity index (χ1n) is 11.0. The average Bonchev–Trinajstić information content (AvgIpc) is 3.21. The van der Waals surface area contributed by atoms with Gasteiger partial charge in [-0.2, -0.15) is 0 Å². The molecular formula is C27H21NO6S2. The third-order valence-corrected chi connectivity index (χ3v) is 10.3. The number of carbonyl (C=O) groups is 1. The molecule has 1 heterocycles. The quantitative estimate of drug-likeness (QED) is 0.340. The normalized spacial score (nSPS) is 17.5. The van der Waals surface area contributed by atoms with Crippen LogP contribution in [0, 0.1) is 0 Å². The van der Waals surface area contributed by atoms with Crippen molar-refractivity contribution in [1.29, 1.82) is 0 Å². The van der Waals surface area contributed by atoms with Gasteiger partial charge < -0.3 is 4.74 Å². The highest BCUT2D eigenvalue weighted by atomic mass is 32.3. The summed E-state index contributed by atoms with van der Waals surface area (Å²) in [5.74, 6) is -0.663. The van der Waals surface area contributed by atoms with Crippen LogP contribution in [-0.2, 0) is 30.4 Å². The summed E-state index contributed by atoms with van der Waals surface area (Å²) < 4.78 is 62.0. The van der Waals surface area contributed by atoms with E-state index in [9.17, 15) is 21.6 Å². The van der Waals surface area contributed by atoms with Gasteiger partial charge in [0.2, 0.25) is 0 Å². The molecule has 4 aromatic rings. The molecule has 5 rings (SSSR count). The SMILES string of the molecule is O=C1O[C@@](CN(S(=O)(=O)c2ccccc2)S(=O)(=O)c2ccccc2)(c2ccccc2)c2ccccc21. The van der Waals surface area contributed by atoms with Crippen LogP contribution in [-0.4, -0.2) is 33.1 Å². The first kappa shape index (κ1) is 23.9. The molecule has 4 aromatic carbocycles. The van der Waals surface area contributed by atoms with E-state index in [0.29, 0.717) is 14.8 Å². The molecule has 0 saturated carbocycles. The third-order valence-electron chi connectivity index (χ3n) is 6.06. The Hall–Kier alpha value is -3.79. The maximum atomic E-state index is 13.9. The molecule has 0 radical (unpaired) electrons. The molecule has 0 saturated heterocycles. The molecule has 0 N–H and O–H groups in total. The van der Waals surface area contributed by atoms with Crippen LogP contribution >= 0.6 is 0 Å². The van der Waals surface area contributed by atoms with E-state index in [1.165, 1.54) is 48.5 Å². The summed E-state index contributed by atoms with van der Waals surface area (Å²) in [7, 11) is -9.21. The van der Waals surface area contributed by atoms with E-state index in [1.54, 1.807) is 66.7 Å². The maximum Gasteiger partial charge on any atom is 0.339 e. The lowest BCUT2D eigenvalue weighted by atomic mass is 9.85. The average molecular weight is 520 g/mol. The summed E-state index contributed by atoms with van der Waals surface area (Å²) >= 11 is 0. The molecule has 1 aliphatic rings. The fourth-order valence-electron chi connectivity index (χ4n) is 4.31. The zero-order valence-electron chi connectivity index (χ0n) is 18.9. The van der Waals surface area contributed by atoms with Crippen molar-refractivity contribution >= 4 is 26.0 Å². The number of nitrogens with zero attached hydrogens (tertiary/aromatic N) is 1. The minimum Gasteiger partial charge on any atom is -0.444 e. The van der Waals surface area contributed by atoms with E-state index in [0.717, 1.165) is 0 Å². The summed E-state index contributed by atoms with van der Waals surface area (Å²) in [6.07, 6.45) is 0. The highest BCUT2D eigenvalue weighted by molar-refractivity contribution is 8.04. The Morgan fingerprint density at radius 2 is 1.06 bits per heavy atom. The Bertz CT molecular complexity index is 1550. The lowest BCUT2D eigenvalue weighted by Gasteiger charge is -2.34. The van der Waals surface area contributed by atoms with Gasteiger partial charge in [0.05, 0.1) is 21.9 Å². The molecule has 0 amide bonds. The number of fused-ring (bicyclic) bond motifs is 1. The van der Waals surface area contributed by atoms with E-state index >= 15 is 0 Å². The van der Waals surface area contributed by atoms with E-state index in [-0.39, 0.29) is 15.4 Å².